The lowest BCUT2D eigenvalue weighted by Gasteiger charge is -2.36. The second-order valence-corrected chi connectivity index (χ2v) is 10.4. The summed E-state index contributed by atoms with van der Waals surface area (Å²) in [4.78, 5) is 41.6. The summed E-state index contributed by atoms with van der Waals surface area (Å²) in [7, 11) is 0. The lowest BCUT2D eigenvalue weighted by atomic mass is 9.69. The van der Waals surface area contributed by atoms with E-state index in [-0.39, 0.29) is 29.3 Å². The van der Waals surface area contributed by atoms with Crippen LogP contribution < -0.4 is 5.32 Å². The van der Waals surface area contributed by atoms with Crippen molar-refractivity contribution in [3.8, 4) is 0 Å². The molecule has 3 heterocycles. The van der Waals surface area contributed by atoms with Crippen LogP contribution in [0.1, 0.15) is 33.0 Å². The van der Waals surface area contributed by atoms with E-state index < -0.39 is 16.4 Å². The van der Waals surface area contributed by atoms with Crippen molar-refractivity contribution in [1.82, 2.24) is 4.90 Å². The molecular weight excluding hydrogens is 462 g/mol. The summed E-state index contributed by atoms with van der Waals surface area (Å²) >= 11 is 1.72. The van der Waals surface area contributed by atoms with E-state index >= 15 is 0 Å². The Bertz CT molecular complexity index is 1370. The number of carbonyl (C=O) groups excluding carboxylic acids is 2. The zero-order valence-corrected chi connectivity index (χ0v) is 19.8. The van der Waals surface area contributed by atoms with Gasteiger partial charge in [0.15, 0.2) is 5.78 Å². The molecule has 0 aromatic heterocycles. The van der Waals surface area contributed by atoms with Crippen LogP contribution in [0.2, 0.25) is 0 Å². The lowest BCUT2D eigenvalue weighted by molar-refractivity contribution is -0.384. The quantitative estimate of drug-likeness (QED) is 0.327. The van der Waals surface area contributed by atoms with Crippen molar-refractivity contribution < 1.29 is 14.5 Å². The fraction of sp³-hybridized carbons (Fsp3) is 0.259. The van der Waals surface area contributed by atoms with E-state index in [0.717, 1.165) is 28.1 Å². The molecule has 8 heteroatoms. The number of nitrogens with zero attached hydrogens (tertiary/aromatic N) is 2. The van der Waals surface area contributed by atoms with Gasteiger partial charge in [-0.1, -0.05) is 60.2 Å². The van der Waals surface area contributed by atoms with E-state index in [1.54, 1.807) is 23.9 Å². The highest BCUT2D eigenvalue weighted by molar-refractivity contribution is 7.99. The number of para-hydroxylation sites is 1. The summed E-state index contributed by atoms with van der Waals surface area (Å²) in [5.41, 5.74) is 2.63. The first-order valence-electron chi connectivity index (χ1n) is 11.5. The molecule has 0 aliphatic carbocycles. The predicted octanol–water partition coefficient (Wildman–Crippen LogP) is 4.72. The number of rotatable bonds is 4. The molecule has 0 unspecified atom stereocenters. The minimum absolute atomic E-state index is 0.0153. The second-order valence-electron chi connectivity index (χ2n) is 9.39. The van der Waals surface area contributed by atoms with Crippen molar-refractivity contribution in [1.29, 1.82) is 0 Å². The van der Waals surface area contributed by atoms with Crippen LogP contribution in [0.3, 0.4) is 0 Å². The minimum atomic E-state index is -1.18. The van der Waals surface area contributed by atoms with Crippen LogP contribution in [-0.4, -0.2) is 39.2 Å². The van der Waals surface area contributed by atoms with Gasteiger partial charge in [0, 0.05) is 52.5 Å². The number of fused-ring (bicyclic) bond motifs is 4. The molecule has 1 spiro atoms. The summed E-state index contributed by atoms with van der Waals surface area (Å²) in [6, 6.07) is 21.4. The largest absolute Gasteiger partial charge is 0.324 e. The Labute approximate surface area is 206 Å². The Morgan fingerprint density at radius 3 is 2.66 bits per heavy atom. The number of non-ortho nitro benzene ring substituents is 1. The average Bonchev–Trinajstić information content (AvgIpc) is 3.52. The number of aryl methyl sites for hydroxylation is 1. The van der Waals surface area contributed by atoms with Crippen LogP contribution in [0.5, 0.6) is 0 Å². The summed E-state index contributed by atoms with van der Waals surface area (Å²) in [5, 5.41) is 14.6. The summed E-state index contributed by atoms with van der Waals surface area (Å²) < 4.78 is 0. The predicted molar refractivity (Wildman–Crippen MR) is 135 cm³/mol. The first-order valence-corrected chi connectivity index (χ1v) is 12.7. The number of nitro benzene ring substituents is 1. The fourth-order valence-electron chi connectivity index (χ4n) is 6.15. The van der Waals surface area contributed by atoms with E-state index in [4.69, 9.17) is 0 Å². The van der Waals surface area contributed by atoms with Crippen molar-refractivity contribution in [3.05, 3.63) is 105 Å². The molecule has 3 aromatic carbocycles. The smallest absolute Gasteiger partial charge is 0.269 e. The number of carbonyl (C=O) groups is 2. The first-order chi connectivity index (χ1) is 16.9. The normalized spacial score (nSPS) is 27.0. The molecule has 2 fully saturated rings. The zero-order valence-electron chi connectivity index (χ0n) is 19.0. The monoisotopic (exact) mass is 485 g/mol. The van der Waals surface area contributed by atoms with Crippen molar-refractivity contribution in [2.75, 3.05) is 16.9 Å². The van der Waals surface area contributed by atoms with Crippen molar-refractivity contribution in [2.24, 2.45) is 5.92 Å². The Balaban J connectivity index is 1.61. The number of hydrogen-bond donors (Lipinski definition) is 1. The molecule has 0 bridgehead atoms. The Hall–Kier alpha value is -3.49. The highest BCUT2D eigenvalue weighted by Crippen LogP contribution is 2.61. The number of thioether (sulfide) groups is 1. The number of nitro groups is 1. The first kappa shape index (κ1) is 22.0. The molecule has 0 saturated carbocycles. The molecule has 7 nitrogen and oxygen atoms in total. The van der Waals surface area contributed by atoms with E-state index in [1.165, 1.54) is 6.07 Å². The van der Waals surface area contributed by atoms with Crippen LogP contribution in [0.15, 0.2) is 72.8 Å². The Morgan fingerprint density at radius 1 is 1.11 bits per heavy atom. The van der Waals surface area contributed by atoms with Gasteiger partial charge in [0.05, 0.1) is 10.8 Å². The molecule has 6 rings (SSSR count). The molecule has 3 aliphatic heterocycles. The Morgan fingerprint density at radius 2 is 1.89 bits per heavy atom. The third kappa shape index (κ3) is 3.10. The highest BCUT2D eigenvalue weighted by Gasteiger charge is 2.69. The van der Waals surface area contributed by atoms with Gasteiger partial charge >= 0.3 is 0 Å². The molecule has 3 aliphatic rings. The number of ketones is 1. The molecule has 1 amide bonds. The zero-order chi connectivity index (χ0) is 24.3. The molecule has 3 aromatic rings. The maximum absolute atomic E-state index is 14.4. The number of hydrogen-bond acceptors (Lipinski definition) is 6. The number of benzene rings is 3. The highest BCUT2D eigenvalue weighted by atomic mass is 32.2. The van der Waals surface area contributed by atoms with Gasteiger partial charge in [-0.3, -0.25) is 24.6 Å². The van der Waals surface area contributed by atoms with Crippen molar-refractivity contribution >= 4 is 34.8 Å². The third-order valence-electron chi connectivity index (χ3n) is 7.61. The van der Waals surface area contributed by atoms with Crippen LogP contribution in [0.25, 0.3) is 0 Å². The van der Waals surface area contributed by atoms with Crippen LogP contribution in [-0.2, 0) is 10.3 Å². The number of anilines is 1. The lowest BCUT2D eigenvalue weighted by Crippen LogP contribution is -2.52. The molecule has 0 radical (unpaired) electrons. The van der Waals surface area contributed by atoms with Crippen LogP contribution in [0, 0.1) is 23.0 Å². The van der Waals surface area contributed by atoms with Gasteiger partial charge in [0.25, 0.3) is 5.69 Å². The van der Waals surface area contributed by atoms with Gasteiger partial charge in [-0.05, 0) is 18.6 Å². The molecular formula is C27H23N3O4S. The van der Waals surface area contributed by atoms with E-state index in [1.807, 2.05) is 61.5 Å². The van der Waals surface area contributed by atoms with E-state index in [2.05, 4.69) is 10.2 Å². The van der Waals surface area contributed by atoms with Crippen LogP contribution in [0.4, 0.5) is 11.4 Å². The topological polar surface area (TPSA) is 92.5 Å². The van der Waals surface area contributed by atoms with Gasteiger partial charge in [-0.25, -0.2) is 0 Å². The maximum Gasteiger partial charge on any atom is 0.269 e. The van der Waals surface area contributed by atoms with Gasteiger partial charge in [0.2, 0.25) is 5.91 Å². The number of nitrogens with one attached hydrogen (secondary N) is 1. The second kappa shape index (κ2) is 8.03. The van der Waals surface area contributed by atoms with Gasteiger partial charge in [0.1, 0.15) is 5.54 Å². The van der Waals surface area contributed by atoms with E-state index in [9.17, 15) is 19.7 Å². The van der Waals surface area contributed by atoms with Gasteiger partial charge in [-0.2, -0.15) is 0 Å². The molecule has 35 heavy (non-hydrogen) atoms. The number of amides is 1. The standard InChI is InChI=1S/C27H23N3O4S/c1-16-9-11-17(12-10-16)25(31)24-23(18-5-4-6-19(13-18)30(33)34)22-14-35-15-29(22)27(24)20-7-2-3-8-21(20)28-26(27)32/h2-13,22-24H,14-15H2,1H3,(H,28,32)/t22-,23-,24+,27+/m1/s1. The molecule has 4 atom stereocenters. The number of Topliss-reactive ketones (excluding diaryl/α,β-unsaturated/α-hetero) is 1. The molecule has 2 saturated heterocycles. The van der Waals surface area contributed by atoms with E-state index in [0.29, 0.717) is 11.4 Å². The van der Waals surface area contributed by atoms with Crippen LogP contribution >= 0.6 is 11.8 Å². The average molecular weight is 486 g/mol. The van der Waals surface area contributed by atoms with Crippen molar-refractivity contribution in [3.63, 3.8) is 0 Å². The summed E-state index contributed by atoms with van der Waals surface area (Å²) in [6.45, 7) is 1.96. The summed E-state index contributed by atoms with van der Waals surface area (Å²) in [6.07, 6.45) is 0. The van der Waals surface area contributed by atoms with Gasteiger partial charge in [-0.15, -0.1) is 11.8 Å². The van der Waals surface area contributed by atoms with Gasteiger partial charge < -0.3 is 5.32 Å². The fourth-order valence-corrected chi connectivity index (χ4v) is 7.47. The Kier molecular flexibility index (Phi) is 5.05. The maximum atomic E-state index is 14.4. The molecule has 176 valence electrons. The van der Waals surface area contributed by atoms with Crippen molar-refractivity contribution in [2.45, 2.75) is 24.4 Å². The third-order valence-corrected chi connectivity index (χ3v) is 8.65. The molecule has 1 N–H and O–H groups in total. The summed E-state index contributed by atoms with van der Waals surface area (Å²) in [5.74, 6) is -0.0904. The SMILES string of the molecule is Cc1ccc(C(=O)[C@@H]2[C@H](c3cccc([N+](=O)[O-])c3)[C@H]3CSCN3[C@]23C(=O)Nc2ccccc23)cc1. The minimum Gasteiger partial charge on any atom is -0.324 e.